The van der Waals surface area contributed by atoms with E-state index in [0.717, 1.165) is 19.3 Å². The largest absolute Gasteiger partial charge is 0.374 e. The van der Waals surface area contributed by atoms with Gasteiger partial charge in [0.15, 0.2) is 0 Å². The molecule has 1 heterocycles. The maximum Gasteiger partial charge on any atom is 0.248 e. The first kappa shape index (κ1) is 13.2. The van der Waals surface area contributed by atoms with Gasteiger partial charge < -0.3 is 10.5 Å². The molecule has 2 nitrogen and oxygen atoms in total. The van der Waals surface area contributed by atoms with Crippen molar-refractivity contribution in [1.29, 1.82) is 0 Å². The van der Waals surface area contributed by atoms with E-state index < -0.39 is 5.92 Å². The first-order valence-corrected chi connectivity index (χ1v) is 6.75. The van der Waals surface area contributed by atoms with Crippen molar-refractivity contribution < 1.29 is 13.5 Å². The van der Waals surface area contributed by atoms with Gasteiger partial charge in [-0.2, -0.15) is 0 Å². The number of halogens is 2. The van der Waals surface area contributed by atoms with Gasteiger partial charge in [0.1, 0.15) is 0 Å². The number of nitrogens with two attached hydrogens (primary N) is 1. The molecule has 2 rings (SSSR count). The third-order valence-electron chi connectivity index (χ3n) is 4.09. The molecule has 4 atom stereocenters. The lowest BCUT2D eigenvalue weighted by Crippen LogP contribution is -2.38. The highest BCUT2D eigenvalue weighted by molar-refractivity contribution is 4.86. The summed E-state index contributed by atoms with van der Waals surface area (Å²) in [6.45, 7) is 2.04. The Morgan fingerprint density at radius 1 is 1.35 bits per heavy atom. The van der Waals surface area contributed by atoms with E-state index in [9.17, 15) is 8.78 Å². The highest BCUT2D eigenvalue weighted by Gasteiger charge is 2.38. The maximum atomic E-state index is 13.3. The lowest BCUT2D eigenvalue weighted by atomic mass is 9.81. The molecule has 1 saturated carbocycles. The predicted molar refractivity (Wildman–Crippen MR) is 63.1 cm³/mol. The summed E-state index contributed by atoms with van der Waals surface area (Å²) in [4.78, 5) is 0. The van der Waals surface area contributed by atoms with Crippen LogP contribution in [0.2, 0.25) is 0 Å². The number of rotatable bonds is 3. The van der Waals surface area contributed by atoms with E-state index in [4.69, 9.17) is 10.5 Å². The Kier molecular flexibility index (Phi) is 4.03. The third-order valence-corrected chi connectivity index (χ3v) is 4.09. The van der Waals surface area contributed by atoms with Crippen LogP contribution in [0.15, 0.2) is 0 Å². The maximum absolute atomic E-state index is 13.3. The summed E-state index contributed by atoms with van der Waals surface area (Å²) in [6.07, 6.45) is 4.66. The summed E-state index contributed by atoms with van der Waals surface area (Å²) < 4.78 is 32.2. The molecule has 100 valence electrons. The molecule has 0 aromatic rings. The minimum atomic E-state index is -2.47. The zero-order valence-electron chi connectivity index (χ0n) is 10.5. The van der Waals surface area contributed by atoms with Gasteiger partial charge in [-0.15, -0.1) is 0 Å². The van der Waals surface area contributed by atoms with Gasteiger partial charge in [-0.25, -0.2) is 8.78 Å². The van der Waals surface area contributed by atoms with Crippen LogP contribution < -0.4 is 5.73 Å². The van der Waals surface area contributed by atoms with Crippen molar-refractivity contribution in [3.8, 4) is 0 Å². The molecule has 1 aliphatic heterocycles. The van der Waals surface area contributed by atoms with E-state index in [2.05, 4.69) is 0 Å². The lowest BCUT2D eigenvalue weighted by molar-refractivity contribution is -0.0574. The van der Waals surface area contributed by atoms with E-state index in [0.29, 0.717) is 12.8 Å². The second-order valence-electron chi connectivity index (χ2n) is 5.78. The summed E-state index contributed by atoms with van der Waals surface area (Å²) in [6, 6.07) is -0.0705. The normalized spacial score (nSPS) is 39.2. The Morgan fingerprint density at radius 2 is 2.12 bits per heavy atom. The molecule has 2 fully saturated rings. The Morgan fingerprint density at radius 3 is 2.71 bits per heavy atom. The van der Waals surface area contributed by atoms with E-state index in [-0.39, 0.29) is 37.0 Å². The molecule has 0 aromatic heterocycles. The van der Waals surface area contributed by atoms with Crippen LogP contribution in [0.4, 0.5) is 8.78 Å². The van der Waals surface area contributed by atoms with Crippen molar-refractivity contribution in [3.05, 3.63) is 0 Å². The Labute approximate surface area is 102 Å². The molecule has 0 bridgehead atoms. The second-order valence-corrected chi connectivity index (χ2v) is 5.78. The Balaban J connectivity index is 1.80. The molecule has 2 N–H and O–H groups in total. The molecule has 0 radical (unpaired) electrons. The van der Waals surface area contributed by atoms with Crippen molar-refractivity contribution in [2.75, 3.05) is 0 Å². The van der Waals surface area contributed by atoms with Crippen LogP contribution in [-0.4, -0.2) is 24.2 Å². The molecule has 0 aromatic carbocycles. The van der Waals surface area contributed by atoms with Crippen LogP contribution in [0.1, 0.15) is 51.9 Å². The zero-order chi connectivity index (χ0) is 12.5. The zero-order valence-corrected chi connectivity index (χ0v) is 10.5. The molecule has 17 heavy (non-hydrogen) atoms. The second kappa shape index (κ2) is 5.19. The molecule has 0 spiro atoms. The number of ether oxygens (including phenoxy) is 1. The van der Waals surface area contributed by atoms with Crippen molar-refractivity contribution in [1.82, 2.24) is 0 Å². The first-order chi connectivity index (χ1) is 7.96. The van der Waals surface area contributed by atoms with Crippen LogP contribution in [0.3, 0.4) is 0 Å². The van der Waals surface area contributed by atoms with E-state index in [1.807, 2.05) is 6.92 Å². The highest BCUT2D eigenvalue weighted by atomic mass is 19.3. The minimum Gasteiger partial charge on any atom is -0.374 e. The van der Waals surface area contributed by atoms with Crippen LogP contribution in [0.5, 0.6) is 0 Å². The molecule has 2 aliphatic rings. The van der Waals surface area contributed by atoms with E-state index >= 15 is 0 Å². The van der Waals surface area contributed by atoms with Gasteiger partial charge in [0.2, 0.25) is 5.92 Å². The molecule has 4 unspecified atom stereocenters. The first-order valence-electron chi connectivity index (χ1n) is 6.75. The van der Waals surface area contributed by atoms with Crippen molar-refractivity contribution in [2.45, 2.75) is 76.0 Å². The van der Waals surface area contributed by atoms with Crippen LogP contribution in [-0.2, 0) is 4.74 Å². The van der Waals surface area contributed by atoms with Crippen LogP contribution in [0.25, 0.3) is 0 Å². The summed E-state index contributed by atoms with van der Waals surface area (Å²) in [7, 11) is 0. The van der Waals surface area contributed by atoms with Gasteiger partial charge in [0.05, 0.1) is 12.2 Å². The van der Waals surface area contributed by atoms with E-state index in [1.165, 1.54) is 0 Å². The molecule has 1 aliphatic carbocycles. The standard InChI is InChI=1S/C13H23F2NO/c1-9-4-5-12(17-9)11(16)7-10-3-2-6-13(14,15)8-10/h9-12H,2-8,16H2,1H3. The summed E-state index contributed by atoms with van der Waals surface area (Å²) in [5.74, 6) is -2.39. The lowest BCUT2D eigenvalue weighted by Gasteiger charge is -2.31. The van der Waals surface area contributed by atoms with Crippen molar-refractivity contribution in [3.63, 3.8) is 0 Å². The SMILES string of the molecule is CC1CCC(C(N)CC2CCCC(F)(F)C2)O1. The monoisotopic (exact) mass is 247 g/mol. The average Bonchev–Trinajstić information content (AvgIpc) is 2.63. The van der Waals surface area contributed by atoms with Gasteiger partial charge in [-0.1, -0.05) is 0 Å². The van der Waals surface area contributed by atoms with Gasteiger partial charge in [0, 0.05) is 18.9 Å². The molecular weight excluding hydrogens is 224 g/mol. The smallest absolute Gasteiger partial charge is 0.248 e. The fourth-order valence-corrected chi connectivity index (χ4v) is 3.16. The number of hydrogen-bond donors (Lipinski definition) is 1. The Bertz CT molecular complexity index is 260. The summed E-state index contributed by atoms with van der Waals surface area (Å²) in [5, 5.41) is 0. The summed E-state index contributed by atoms with van der Waals surface area (Å²) >= 11 is 0. The molecule has 4 heteroatoms. The van der Waals surface area contributed by atoms with Gasteiger partial charge >= 0.3 is 0 Å². The summed E-state index contributed by atoms with van der Waals surface area (Å²) in [5.41, 5.74) is 6.09. The molecular formula is C13H23F2NO. The highest BCUT2D eigenvalue weighted by Crippen LogP contribution is 2.39. The van der Waals surface area contributed by atoms with Gasteiger partial charge in [-0.3, -0.25) is 0 Å². The van der Waals surface area contributed by atoms with Gasteiger partial charge in [-0.05, 0) is 44.9 Å². The number of hydrogen-bond acceptors (Lipinski definition) is 2. The van der Waals surface area contributed by atoms with E-state index in [1.54, 1.807) is 0 Å². The van der Waals surface area contributed by atoms with Crippen LogP contribution >= 0.6 is 0 Å². The third kappa shape index (κ3) is 3.62. The molecule has 0 amide bonds. The molecule has 1 saturated heterocycles. The Hall–Kier alpha value is -0.220. The quantitative estimate of drug-likeness (QED) is 0.831. The fourth-order valence-electron chi connectivity index (χ4n) is 3.16. The van der Waals surface area contributed by atoms with Crippen molar-refractivity contribution >= 4 is 0 Å². The fraction of sp³-hybridized carbons (Fsp3) is 1.00. The van der Waals surface area contributed by atoms with Gasteiger partial charge in [0.25, 0.3) is 0 Å². The minimum absolute atomic E-state index is 0.0168. The number of alkyl halides is 2. The van der Waals surface area contributed by atoms with Crippen molar-refractivity contribution in [2.24, 2.45) is 11.7 Å². The average molecular weight is 247 g/mol. The van der Waals surface area contributed by atoms with Crippen LogP contribution in [0, 0.1) is 5.92 Å². The predicted octanol–water partition coefficient (Wildman–Crippen LogP) is 3.10. The topological polar surface area (TPSA) is 35.2 Å².